The van der Waals surface area contributed by atoms with Gasteiger partial charge in [-0.15, -0.1) is 0 Å². The number of carbonyl (C=O) groups excluding carboxylic acids is 4. The molecule has 0 aromatic heterocycles. The van der Waals surface area contributed by atoms with Gasteiger partial charge < -0.3 is 33.8 Å². The van der Waals surface area contributed by atoms with E-state index < -0.39 is 97.5 Å². The van der Waals surface area contributed by atoms with Crippen LogP contribution in [-0.2, 0) is 65.4 Å². The summed E-state index contributed by atoms with van der Waals surface area (Å²) < 4.78 is 68.8. The van der Waals surface area contributed by atoms with Crippen LogP contribution in [0.3, 0.4) is 0 Å². The molecular weight excluding hydrogens is 1370 g/mol. The monoisotopic (exact) mass is 1540 g/mol. The van der Waals surface area contributed by atoms with Gasteiger partial charge in [0.1, 0.15) is 19.3 Å². The van der Waals surface area contributed by atoms with Crippen LogP contribution in [0, 0.1) is 11.8 Å². The van der Waals surface area contributed by atoms with Crippen LogP contribution in [0.1, 0.15) is 459 Å². The first-order valence-corrected chi connectivity index (χ1v) is 47.5. The number of esters is 4. The first-order valence-electron chi connectivity index (χ1n) is 44.5. The third kappa shape index (κ3) is 78.5. The number of hydrogen-bond acceptors (Lipinski definition) is 15. The van der Waals surface area contributed by atoms with E-state index in [1.54, 1.807) is 0 Å². The topological polar surface area (TPSA) is 237 Å². The molecule has 105 heavy (non-hydrogen) atoms. The quantitative estimate of drug-likeness (QED) is 0.0222. The first kappa shape index (κ1) is 103. The van der Waals surface area contributed by atoms with Crippen molar-refractivity contribution in [3.63, 3.8) is 0 Å². The maximum Gasteiger partial charge on any atom is 0.472 e. The zero-order chi connectivity index (χ0) is 77.1. The number of rotatable bonds is 85. The van der Waals surface area contributed by atoms with E-state index in [9.17, 15) is 43.2 Å². The van der Waals surface area contributed by atoms with Crippen molar-refractivity contribution in [2.75, 3.05) is 39.6 Å². The lowest BCUT2D eigenvalue weighted by molar-refractivity contribution is -0.161. The summed E-state index contributed by atoms with van der Waals surface area (Å²) in [6, 6.07) is 0. The highest BCUT2D eigenvalue weighted by Gasteiger charge is 2.30. The van der Waals surface area contributed by atoms with E-state index in [1.165, 1.54) is 276 Å². The van der Waals surface area contributed by atoms with Crippen molar-refractivity contribution in [2.45, 2.75) is 477 Å². The Hall–Kier alpha value is -1.94. The predicted octanol–water partition coefficient (Wildman–Crippen LogP) is 26.2. The van der Waals surface area contributed by atoms with Gasteiger partial charge in [0, 0.05) is 25.7 Å². The molecule has 6 atom stereocenters. The van der Waals surface area contributed by atoms with Gasteiger partial charge in [-0.1, -0.05) is 408 Å². The van der Waals surface area contributed by atoms with Gasteiger partial charge in [-0.05, 0) is 37.5 Å². The van der Waals surface area contributed by atoms with Crippen LogP contribution >= 0.6 is 15.6 Å². The molecule has 0 radical (unpaired) electrons. The number of carbonyl (C=O) groups is 4. The molecule has 0 heterocycles. The van der Waals surface area contributed by atoms with Crippen LogP contribution in [0.25, 0.3) is 0 Å². The number of phosphoric ester groups is 2. The SMILES string of the molecule is CCCCCCCCCCCCCCCCCCCCCCC(=O)OC[C@H](COP(=O)(O)OC[C@@H](O)COP(=O)(O)OC[C@@H](COC(=O)CCCCCCCCCCCC)OC(=O)CCCCCCCCCCCCC(C)C)OC(=O)CCCCCCCCCCCCCCCCCCCCC(C)CC. The lowest BCUT2D eigenvalue weighted by Crippen LogP contribution is -2.30. The zero-order valence-electron chi connectivity index (χ0n) is 69.0. The number of aliphatic hydroxyl groups is 1. The van der Waals surface area contributed by atoms with Crippen LogP contribution in [0.4, 0.5) is 0 Å². The molecule has 17 nitrogen and oxygen atoms in total. The summed E-state index contributed by atoms with van der Waals surface area (Å²) in [6.07, 6.45) is 69.5. The van der Waals surface area contributed by atoms with E-state index in [0.717, 1.165) is 102 Å². The van der Waals surface area contributed by atoms with E-state index >= 15 is 0 Å². The van der Waals surface area contributed by atoms with Crippen LogP contribution in [-0.4, -0.2) is 96.7 Å². The average Bonchev–Trinajstić information content (AvgIpc) is 0.907. The number of unbranched alkanes of at least 4 members (excludes halogenated alkanes) is 54. The highest BCUT2D eigenvalue weighted by atomic mass is 31.2. The Morgan fingerprint density at radius 1 is 0.276 bits per heavy atom. The zero-order valence-corrected chi connectivity index (χ0v) is 70.8. The van der Waals surface area contributed by atoms with Crippen molar-refractivity contribution in [1.82, 2.24) is 0 Å². The maximum atomic E-state index is 13.1. The fraction of sp³-hybridized carbons (Fsp3) is 0.953. The minimum Gasteiger partial charge on any atom is -0.462 e. The summed E-state index contributed by atoms with van der Waals surface area (Å²) in [5, 5.41) is 10.7. The Morgan fingerprint density at radius 2 is 0.486 bits per heavy atom. The van der Waals surface area contributed by atoms with E-state index in [1.807, 2.05) is 0 Å². The third-order valence-electron chi connectivity index (χ3n) is 20.6. The van der Waals surface area contributed by atoms with Gasteiger partial charge in [0.2, 0.25) is 0 Å². The van der Waals surface area contributed by atoms with Crippen molar-refractivity contribution in [3.05, 3.63) is 0 Å². The maximum absolute atomic E-state index is 13.1. The molecule has 0 fully saturated rings. The molecule has 0 aromatic rings. The first-order chi connectivity index (χ1) is 50.9. The lowest BCUT2D eigenvalue weighted by Gasteiger charge is -2.21. The number of aliphatic hydroxyl groups excluding tert-OH is 1. The van der Waals surface area contributed by atoms with Gasteiger partial charge in [-0.25, -0.2) is 9.13 Å². The second kappa shape index (κ2) is 77.4. The molecule has 19 heteroatoms. The molecule has 0 spiro atoms. The van der Waals surface area contributed by atoms with Crippen molar-refractivity contribution < 1.29 is 80.2 Å². The van der Waals surface area contributed by atoms with Gasteiger partial charge in [-0.3, -0.25) is 37.3 Å². The fourth-order valence-corrected chi connectivity index (χ4v) is 15.0. The molecule has 0 amide bonds. The Morgan fingerprint density at radius 3 is 0.724 bits per heavy atom. The summed E-state index contributed by atoms with van der Waals surface area (Å²) in [6.45, 7) is 9.71. The molecule has 0 rings (SSSR count). The fourth-order valence-electron chi connectivity index (χ4n) is 13.4. The molecule has 3 N–H and O–H groups in total. The molecule has 624 valence electrons. The van der Waals surface area contributed by atoms with E-state index in [-0.39, 0.29) is 25.7 Å². The van der Waals surface area contributed by atoms with E-state index in [0.29, 0.717) is 25.7 Å². The van der Waals surface area contributed by atoms with Crippen molar-refractivity contribution >= 4 is 39.5 Å². The Bertz CT molecular complexity index is 2010. The molecule has 0 aromatic carbocycles. The average molecular weight is 1540 g/mol. The normalized spacial score (nSPS) is 14.1. The van der Waals surface area contributed by atoms with Crippen molar-refractivity contribution in [2.24, 2.45) is 11.8 Å². The van der Waals surface area contributed by atoms with E-state index in [4.69, 9.17) is 37.0 Å². The molecule has 0 aliphatic carbocycles. The van der Waals surface area contributed by atoms with Crippen LogP contribution in [0.15, 0.2) is 0 Å². The van der Waals surface area contributed by atoms with Gasteiger partial charge in [0.05, 0.1) is 26.4 Å². The molecule has 0 aliphatic heterocycles. The smallest absolute Gasteiger partial charge is 0.462 e. The van der Waals surface area contributed by atoms with E-state index in [2.05, 4.69) is 41.5 Å². The Labute approximate surface area is 645 Å². The van der Waals surface area contributed by atoms with Crippen LogP contribution < -0.4 is 0 Å². The Kier molecular flexibility index (Phi) is 76.0. The van der Waals surface area contributed by atoms with Gasteiger partial charge >= 0.3 is 39.5 Å². The second-order valence-corrected chi connectivity index (χ2v) is 34.6. The van der Waals surface area contributed by atoms with Crippen molar-refractivity contribution in [3.8, 4) is 0 Å². The lowest BCUT2D eigenvalue weighted by atomic mass is 9.99. The number of ether oxygens (including phenoxy) is 4. The summed E-state index contributed by atoms with van der Waals surface area (Å²) >= 11 is 0. The summed E-state index contributed by atoms with van der Waals surface area (Å²) in [5.74, 6) is -0.481. The molecule has 0 saturated heterocycles. The minimum absolute atomic E-state index is 0.106. The standard InChI is InChI=1S/C86H168O17P2/c1-7-10-12-14-16-18-20-21-22-23-24-25-29-32-35-38-45-51-57-63-69-84(89)97-75-82(102-85(90)70-64-58-52-46-39-36-33-30-27-26-28-31-34-37-43-49-55-61-67-79(6)9-3)77-101-105(94,95)99-73-80(87)72-98-104(92,93)100-76-81(74-96-83(88)68-62-56-50-44-19-17-15-13-11-8-2)103-86(91)71-65-59-53-47-41-40-42-48-54-60-66-78(4)5/h78-82,87H,7-77H2,1-6H3,(H,92,93)(H,94,95)/t79?,80-,81+,82+/m0/s1. The van der Waals surface area contributed by atoms with Crippen LogP contribution in [0.5, 0.6) is 0 Å². The summed E-state index contributed by atoms with van der Waals surface area (Å²) in [4.78, 5) is 73.2. The largest absolute Gasteiger partial charge is 0.472 e. The Balaban J connectivity index is 5.20. The number of phosphoric acid groups is 2. The number of hydrogen-bond donors (Lipinski definition) is 3. The van der Waals surface area contributed by atoms with Gasteiger partial charge in [0.15, 0.2) is 12.2 Å². The summed E-state index contributed by atoms with van der Waals surface area (Å²) in [7, 11) is -9.92. The molecular formula is C86H168O17P2. The van der Waals surface area contributed by atoms with Gasteiger partial charge in [-0.2, -0.15) is 0 Å². The molecule has 0 bridgehead atoms. The van der Waals surface area contributed by atoms with Crippen LogP contribution in [0.2, 0.25) is 0 Å². The molecule has 0 saturated carbocycles. The minimum atomic E-state index is -4.97. The molecule has 3 unspecified atom stereocenters. The molecule has 0 aliphatic rings. The highest BCUT2D eigenvalue weighted by molar-refractivity contribution is 7.47. The van der Waals surface area contributed by atoms with Crippen molar-refractivity contribution in [1.29, 1.82) is 0 Å². The second-order valence-electron chi connectivity index (χ2n) is 31.6. The predicted molar refractivity (Wildman–Crippen MR) is 432 cm³/mol. The van der Waals surface area contributed by atoms with Gasteiger partial charge in [0.25, 0.3) is 0 Å². The summed E-state index contributed by atoms with van der Waals surface area (Å²) in [5.41, 5.74) is 0. The third-order valence-corrected chi connectivity index (χ3v) is 22.5. The highest BCUT2D eigenvalue weighted by Crippen LogP contribution is 2.45.